The summed E-state index contributed by atoms with van der Waals surface area (Å²) in [6, 6.07) is 0. The first-order chi connectivity index (χ1) is 6.78. The third-order valence-electron chi connectivity index (χ3n) is 2.68. The summed E-state index contributed by atoms with van der Waals surface area (Å²) < 4.78 is 0. The van der Waals surface area contributed by atoms with Crippen molar-refractivity contribution in [3.05, 3.63) is 17.2 Å². The molecule has 0 amide bonds. The van der Waals surface area contributed by atoms with E-state index >= 15 is 0 Å². The first kappa shape index (κ1) is 12.3. The fourth-order valence-electron chi connectivity index (χ4n) is 2.17. The monoisotopic (exact) mass is 208 g/mol. The number of rotatable bonds is 3. The summed E-state index contributed by atoms with van der Waals surface area (Å²) in [5.41, 5.74) is 2.75. The Morgan fingerprint density at radius 2 is 1.87 bits per heavy atom. The van der Waals surface area contributed by atoms with Crippen LogP contribution < -0.4 is 0 Å². The van der Waals surface area contributed by atoms with Gasteiger partial charge in [-0.05, 0) is 31.6 Å². The maximum absolute atomic E-state index is 4.52. The van der Waals surface area contributed by atoms with Crippen molar-refractivity contribution in [2.45, 2.75) is 54.4 Å². The predicted molar refractivity (Wildman–Crippen MR) is 65.0 cm³/mol. The van der Waals surface area contributed by atoms with Crippen LogP contribution in [0.15, 0.2) is 0 Å². The quantitative estimate of drug-likeness (QED) is 0.807. The summed E-state index contributed by atoms with van der Waals surface area (Å²) in [7, 11) is 0. The largest absolute Gasteiger partial charge is 0.346 e. The topological polar surface area (TPSA) is 28.7 Å². The highest BCUT2D eigenvalue weighted by molar-refractivity contribution is 5.10. The second-order valence-corrected chi connectivity index (χ2v) is 5.97. The average Bonchev–Trinajstić information content (AvgIpc) is 2.26. The van der Waals surface area contributed by atoms with E-state index in [2.05, 4.69) is 51.5 Å². The minimum Gasteiger partial charge on any atom is -0.346 e. The van der Waals surface area contributed by atoms with E-state index in [1.807, 2.05) is 0 Å². The number of imidazole rings is 1. The molecule has 15 heavy (non-hydrogen) atoms. The second-order valence-electron chi connectivity index (χ2n) is 5.97. The molecule has 86 valence electrons. The minimum absolute atomic E-state index is 0.413. The highest BCUT2D eigenvalue weighted by Crippen LogP contribution is 2.25. The van der Waals surface area contributed by atoms with Gasteiger partial charge in [0.15, 0.2) is 0 Å². The van der Waals surface area contributed by atoms with E-state index < -0.39 is 0 Å². The molecule has 2 nitrogen and oxygen atoms in total. The van der Waals surface area contributed by atoms with Gasteiger partial charge < -0.3 is 4.98 Å². The van der Waals surface area contributed by atoms with Gasteiger partial charge in [-0.3, -0.25) is 0 Å². The van der Waals surface area contributed by atoms with Crippen LogP contribution in [0.25, 0.3) is 0 Å². The highest BCUT2D eigenvalue weighted by atomic mass is 14.9. The van der Waals surface area contributed by atoms with Crippen molar-refractivity contribution in [1.29, 1.82) is 0 Å². The molecular weight excluding hydrogens is 184 g/mol. The molecule has 1 unspecified atom stereocenters. The zero-order chi connectivity index (χ0) is 11.6. The number of nitrogens with one attached hydrogen (secondary N) is 1. The molecule has 1 aromatic heterocycles. The van der Waals surface area contributed by atoms with Gasteiger partial charge in [-0.25, -0.2) is 4.98 Å². The van der Waals surface area contributed by atoms with Crippen LogP contribution in [-0.4, -0.2) is 9.97 Å². The van der Waals surface area contributed by atoms with Crippen LogP contribution in [0.1, 0.15) is 51.3 Å². The zero-order valence-electron chi connectivity index (χ0n) is 10.9. The number of aromatic nitrogens is 2. The molecule has 0 aromatic carbocycles. The van der Waals surface area contributed by atoms with Gasteiger partial charge in [0, 0.05) is 12.1 Å². The Morgan fingerprint density at radius 3 is 2.27 bits per heavy atom. The van der Waals surface area contributed by atoms with Crippen molar-refractivity contribution in [1.82, 2.24) is 9.97 Å². The lowest BCUT2D eigenvalue weighted by Gasteiger charge is -2.22. The SMILES string of the molecule is Cc1nc(CC(C)CC(C)(C)C)[nH]c1C. The molecule has 1 heterocycles. The number of H-pyrrole nitrogens is 1. The van der Waals surface area contributed by atoms with E-state index in [1.54, 1.807) is 0 Å². The molecular formula is C13H24N2. The van der Waals surface area contributed by atoms with Gasteiger partial charge in [-0.2, -0.15) is 0 Å². The normalized spacial score (nSPS) is 14.3. The summed E-state index contributed by atoms with van der Waals surface area (Å²) in [5.74, 6) is 1.83. The maximum Gasteiger partial charge on any atom is 0.106 e. The van der Waals surface area contributed by atoms with Gasteiger partial charge >= 0.3 is 0 Å². The standard InChI is InChI=1S/C13H24N2/c1-9(8-13(4,5)6)7-12-14-10(2)11(3)15-12/h9H,7-8H2,1-6H3,(H,14,15). The molecule has 0 spiro atoms. The molecule has 0 bridgehead atoms. The van der Waals surface area contributed by atoms with Crippen molar-refractivity contribution < 1.29 is 0 Å². The third kappa shape index (κ3) is 4.06. The van der Waals surface area contributed by atoms with Crippen LogP contribution >= 0.6 is 0 Å². The van der Waals surface area contributed by atoms with E-state index in [0.717, 1.165) is 17.9 Å². The molecule has 0 saturated carbocycles. The first-order valence-electron chi connectivity index (χ1n) is 5.80. The Hall–Kier alpha value is -0.790. The summed E-state index contributed by atoms with van der Waals surface area (Å²) in [6.45, 7) is 13.3. The summed E-state index contributed by atoms with van der Waals surface area (Å²) in [5, 5.41) is 0. The fraction of sp³-hybridized carbons (Fsp3) is 0.769. The third-order valence-corrected chi connectivity index (χ3v) is 2.68. The van der Waals surface area contributed by atoms with Gasteiger partial charge in [0.25, 0.3) is 0 Å². The van der Waals surface area contributed by atoms with Gasteiger partial charge in [-0.1, -0.05) is 27.7 Å². The number of hydrogen-bond acceptors (Lipinski definition) is 1. The lowest BCUT2D eigenvalue weighted by atomic mass is 9.84. The Morgan fingerprint density at radius 1 is 1.27 bits per heavy atom. The molecule has 0 radical (unpaired) electrons. The van der Waals surface area contributed by atoms with E-state index in [-0.39, 0.29) is 0 Å². The number of aromatic amines is 1. The van der Waals surface area contributed by atoms with Crippen LogP contribution in [0.3, 0.4) is 0 Å². The highest BCUT2D eigenvalue weighted by Gasteiger charge is 2.16. The average molecular weight is 208 g/mol. The molecule has 0 fully saturated rings. The summed E-state index contributed by atoms with van der Waals surface area (Å²) in [4.78, 5) is 7.87. The molecule has 0 aliphatic rings. The van der Waals surface area contributed by atoms with Gasteiger partial charge in [0.1, 0.15) is 5.82 Å². The van der Waals surface area contributed by atoms with Crippen LogP contribution in [0.2, 0.25) is 0 Å². The zero-order valence-corrected chi connectivity index (χ0v) is 10.9. The minimum atomic E-state index is 0.413. The Labute approximate surface area is 93.5 Å². The van der Waals surface area contributed by atoms with Gasteiger partial charge in [0.2, 0.25) is 0 Å². The fourth-order valence-corrected chi connectivity index (χ4v) is 2.17. The van der Waals surface area contributed by atoms with Crippen molar-refractivity contribution in [3.8, 4) is 0 Å². The Balaban J connectivity index is 2.55. The molecule has 1 rings (SSSR count). The maximum atomic E-state index is 4.52. The van der Waals surface area contributed by atoms with Crippen molar-refractivity contribution in [3.63, 3.8) is 0 Å². The number of nitrogens with zero attached hydrogens (tertiary/aromatic N) is 1. The lowest BCUT2D eigenvalue weighted by Crippen LogP contribution is -2.13. The van der Waals surface area contributed by atoms with Crippen LogP contribution in [-0.2, 0) is 6.42 Å². The first-order valence-corrected chi connectivity index (χ1v) is 5.80. The Bertz CT molecular complexity index is 298. The van der Waals surface area contributed by atoms with E-state index in [1.165, 1.54) is 12.1 Å². The van der Waals surface area contributed by atoms with Crippen molar-refractivity contribution in [2.75, 3.05) is 0 Å². The van der Waals surface area contributed by atoms with Crippen LogP contribution in [0, 0.1) is 25.2 Å². The summed E-state index contributed by atoms with van der Waals surface area (Å²) in [6.07, 6.45) is 2.30. The Kier molecular flexibility index (Phi) is 3.58. The predicted octanol–water partition coefficient (Wildman–Crippen LogP) is 3.64. The second kappa shape index (κ2) is 4.38. The molecule has 1 atom stereocenters. The molecule has 1 N–H and O–H groups in total. The molecule has 0 aliphatic heterocycles. The molecule has 0 aliphatic carbocycles. The van der Waals surface area contributed by atoms with E-state index in [4.69, 9.17) is 0 Å². The van der Waals surface area contributed by atoms with Crippen molar-refractivity contribution in [2.24, 2.45) is 11.3 Å². The smallest absolute Gasteiger partial charge is 0.106 e. The molecule has 0 saturated heterocycles. The molecule has 1 aromatic rings. The summed E-state index contributed by atoms with van der Waals surface area (Å²) >= 11 is 0. The van der Waals surface area contributed by atoms with E-state index in [0.29, 0.717) is 11.3 Å². The lowest BCUT2D eigenvalue weighted by molar-refractivity contribution is 0.304. The van der Waals surface area contributed by atoms with Crippen LogP contribution in [0.5, 0.6) is 0 Å². The van der Waals surface area contributed by atoms with E-state index in [9.17, 15) is 0 Å². The molecule has 2 heteroatoms. The number of hydrogen-bond donors (Lipinski definition) is 1. The van der Waals surface area contributed by atoms with Crippen molar-refractivity contribution >= 4 is 0 Å². The van der Waals surface area contributed by atoms with Gasteiger partial charge in [0.05, 0.1) is 5.69 Å². The van der Waals surface area contributed by atoms with Gasteiger partial charge in [-0.15, -0.1) is 0 Å². The van der Waals surface area contributed by atoms with Crippen LogP contribution in [0.4, 0.5) is 0 Å². The number of aryl methyl sites for hydroxylation is 2.